The first-order chi connectivity index (χ1) is 13.5. The number of benzene rings is 2. The third-order valence-electron chi connectivity index (χ3n) is 4.17. The van der Waals surface area contributed by atoms with Crippen molar-refractivity contribution in [1.82, 2.24) is 0 Å². The molecule has 0 aromatic heterocycles. The van der Waals surface area contributed by atoms with Crippen molar-refractivity contribution in [2.75, 3.05) is 18.6 Å². The molecule has 0 fully saturated rings. The van der Waals surface area contributed by atoms with E-state index in [9.17, 15) is 9.59 Å². The molecule has 2 amide bonds. The number of hydrogen-bond acceptors (Lipinski definition) is 5. The lowest BCUT2D eigenvalue weighted by Gasteiger charge is -2.18. The van der Waals surface area contributed by atoms with Crippen molar-refractivity contribution in [3.63, 3.8) is 0 Å². The van der Waals surface area contributed by atoms with Crippen LogP contribution in [0.2, 0.25) is 0 Å². The molecule has 0 saturated carbocycles. The molecule has 2 aromatic carbocycles. The van der Waals surface area contributed by atoms with E-state index in [-0.39, 0.29) is 17.1 Å². The van der Waals surface area contributed by atoms with Crippen LogP contribution in [-0.4, -0.2) is 30.8 Å². The normalized spacial score (nSPS) is 14.2. The van der Waals surface area contributed by atoms with Gasteiger partial charge in [-0.05, 0) is 36.8 Å². The van der Waals surface area contributed by atoms with Gasteiger partial charge in [0.15, 0.2) is 0 Å². The third-order valence-corrected chi connectivity index (χ3v) is 5.26. The van der Waals surface area contributed by atoms with Crippen molar-refractivity contribution in [2.45, 2.75) is 26.0 Å². The van der Waals surface area contributed by atoms with E-state index >= 15 is 0 Å². The molecule has 146 valence electrons. The first-order valence-electron chi connectivity index (χ1n) is 9.13. The summed E-state index contributed by atoms with van der Waals surface area (Å²) >= 11 is 1.40. The summed E-state index contributed by atoms with van der Waals surface area (Å²) in [5.41, 5.74) is 1.56. The Morgan fingerprint density at radius 3 is 2.29 bits per heavy atom. The standard InChI is InChI=1S/C22H23NO4S/c1-5-27-16-12-10-15(11-13-16)19-20(28-14(2)3)22(25)23(21(19)24)17-8-6-7-9-18(17)26-4/h6-14H,5H2,1-4H3. The lowest BCUT2D eigenvalue weighted by atomic mass is 10.1. The van der Waals surface area contributed by atoms with Crippen LogP contribution in [0.25, 0.3) is 5.57 Å². The maximum atomic E-state index is 13.3. The van der Waals surface area contributed by atoms with Gasteiger partial charge >= 0.3 is 0 Å². The van der Waals surface area contributed by atoms with Crippen LogP contribution in [-0.2, 0) is 9.59 Å². The number of carbonyl (C=O) groups is 2. The highest BCUT2D eigenvalue weighted by Crippen LogP contribution is 2.42. The second-order valence-electron chi connectivity index (χ2n) is 6.45. The van der Waals surface area contributed by atoms with E-state index in [2.05, 4.69) is 0 Å². The predicted octanol–water partition coefficient (Wildman–Crippen LogP) is 4.52. The molecular formula is C22H23NO4S. The van der Waals surface area contributed by atoms with Gasteiger partial charge in [-0.3, -0.25) is 9.59 Å². The number of amides is 2. The maximum absolute atomic E-state index is 13.3. The van der Waals surface area contributed by atoms with Crippen LogP contribution in [0.15, 0.2) is 53.4 Å². The zero-order valence-corrected chi connectivity index (χ0v) is 17.2. The Kier molecular flexibility index (Phi) is 6.09. The molecule has 0 bridgehead atoms. The number of anilines is 1. The molecular weight excluding hydrogens is 374 g/mol. The summed E-state index contributed by atoms with van der Waals surface area (Å²) in [4.78, 5) is 28.2. The molecule has 2 aromatic rings. The van der Waals surface area contributed by atoms with Crippen molar-refractivity contribution in [3.05, 3.63) is 59.0 Å². The fourth-order valence-electron chi connectivity index (χ4n) is 3.03. The molecule has 3 rings (SSSR count). The fourth-order valence-corrected chi connectivity index (χ4v) is 4.01. The number of nitrogens with zero attached hydrogens (tertiary/aromatic N) is 1. The maximum Gasteiger partial charge on any atom is 0.272 e. The van der Waals surface area contributed by atoms with Gasteiger partial charge in [0.1, 0.15) is 11.5 Å². The van der Waals surface area contributed by atoms with Crippen molar-refractivity contribution in [3.8, 4) is 11.5 Å². The SMILES string of the molecule is CCOc1ccc(C2=C(SC(C)C)C(=O)N(c3ccccc3OC)C2=O)cc1. The topological polar surface area (TPSA) is 55.8 Å². The molecule has 0 saturated heterocycles. The minimum absolute atomic E-state index is 0.155. The Morgan fingerprint density at radius 2 is 1.68 bits per heavy atom. The summed E-state index contributed by atoms with van der Waals surface area (Å²) in [5, 5.41) is 0.155. The summed E-state index contributed by atoms with van der Waals surface area (Å²) in [5.74, 6) is 0.535. The largest absolute Gasteiger partial charge is 0.495 e. The van der Waals surface area contributed by atoms with Gasteiger partial charge in [0, 0.05) is 5.25 Å². The molecule has 1 aliphatic heterocycles. The van der Waals surface area contributed by atoms with Gasteiger partial charge in [0.05, 0.1) is 29.9 Å². The monoisotopic (exact) mass is 397 g/mol. The van der Waals surface area contributed by atoms with E-state index in [1.807, 2.05) is 45.0 Å². The lowest BCUT2D eigenvalue weighted by molar-refractivity contribution is -0.119. The first-order valence-corrected chi connectivity index (χ1v) is 10.0. The Balaban J connectivity index is 2.07. The highest BCUT2D eigenvalue weighted by Gasteiger charge is 2.41. The molecule has 6 heteroatoms. The lowest BCUT2D eigenvalue weighted by Crippen LogP contribution is -2.31. The second kappa shape index (κ2) is 8.52. The van der Waals surface area contributed by atoms with Gasteiger partial charge in [-0.15, -0.1) is 11.8 Å². The number of ether oxygens (including phenoxy) is 2. The third kappa shape index (κ3) is 3.78. The summed E-state index contributed by atoms with van der Waals surface area (Å²) in [7, 11) is 1.52. The van der Waals surface area contributed by atoms with E-state index < -0.39 is 0 Å². The van der Waals surface area contributed by atoms with Crippen molar-refractivity contribution >= 4 is 34.8 Å². The Morgan fingerprint density at radius 1 is 1.00 bits per heavy atom. The molecule has 28 heavy (non-hydrogen) atoms. The smallest absolute Gasteiger partial charge is 0.272 e. The van der Waals surface area contributed by atoms with Crippen LogP contribution in [0.1, 0.15) is 26.3 Å². The Bertz CT molecular complexity index is 918. The summed E-state index contributed by atoms with van der Waals surface area (Å²) in [6.45, 7) is 6.47. The van der Waals surface area contributed by atoms with Gasteiger partial charge in [0.25, 0.3) is 11.8 Å². The minimum atomic E-state index is -0.346. The highest BCUT2D eigenvalue weighted by molar-refractivity contribution is 8.04. The molecule has 1 aliphatic rings. The molecule has 5 nitrogen and oxygen atoms in total. The van der Waals surface area contributed by atoms with Crippen LogP contribution in [0, 0.1) is 0 Å². The Labute approximate surface area is 169 Å². The number of rotatable bonds is 7. The van der Waals surface area contributed by atoms with E-state index in [0.717, 1.165) is 5.75 Å². The molecule has 1 heterocycles. The second-order valence-corrected chi connectivity index (χ2v) is 8.03. The van der Waals surface area contributed by atoms with Crippen molar-refractivity contribution in [2.24, 2.45) is 0 Å². The van der Waals surface area contributed by atoms with Gasteiger partial charge in [-0.2, -0.15) is 0 Å². The van der Waals surface area contributed by atoms with E-state index in [1.54, 1.807) is 24.3 Å². The van der Waals surface area contributed by atoms with Gasteiger partial charge < -0.3 is 9.47 Å². The van der Waals surface area contributed by atoms with Crippen LogP contribution in [0.4, 0.5) is 5.69 Å². The molecule has 0 N–H and O–H groups in total. The summed E-state index contributed by atoms with van der Waals surface area (Å²) in [6, 6.07) is 14.3. The highest BCUT2D eigenvalue weighted by atomic mass is 32.2. The van der Waals surface area contributed by atoms with Gasteiger partial charge in [0.2, 0.25) is 0 Å². The number of para-hydroxylation sites is 2. The molecule has 0 unspecified atom stereocenters. The van der Waals surface area contributed by atoms with E-state index in [0.29, 0.717) is 34.1 Å². The number of hydrogen-bond donors (Lipinski definition) is 0. The first kappa shape index (κ1) is 20.0. The van der Waals surface area contributed by atoms with Gasteiger partial charge in [-0.1, -0.05) is 38.1 Å². The quantitative estimate of drug-likeness (QED) is 0.643. The molecule has 0 spiro atoms. The fraction of sp³-hybridized carbons (Fsp3) is 0.273. The number of methoxy groups -OCH3 is 1. The van der Waals surface area contributed by atoms with Crippen LogP contribution >= 0.6 is 11.8 Å². The number of carbonyl (C=O) groups excluding carboxylic acids is 2. The summed E-state index contributed by atoms with van der Waals surface area (Å²) < 4.78 is 10.8. The molecule has 0 atom stereocenters. The van der Waals surface area contributed by atoms with Gasteiger partial charge in [-0.25, -0.2) is 4.90 Å². The van der Waals surface area contributed by atoms with Crippen molar-refractivity contribution < 1.29 is 19.1 Å². The zero-order chi connectivity index (χ0) is 20.3. The average Bonchev–Trinajstić information content (AvgIpc) is 2.92. The minimum Gasteiger partial charge on any atom is -0.495 e. The van der Waals surface area contributed by atoms with Crippen molar-refractivity contribution in [1.29, 1.82) is 0 Å². The average molecular weight is 397 g/mol. The number of thioether (sulfide) groups is 1. The van der Waals surface area contributed by atoms with Crippen LogP contribution < -0.4 is 14.4 Å². The van der Waals surface area contributed by atoms with E-state index in [4.69, 9.17) is 9.47 Å². The van der Waals surface area contributed by atoms with Crippen LogP contribution in [0.3, 0.4) is 0 Å². The van der Waals surface area contributed by atoms with E-state index in [1.165, 1.54) is 23.8 Å². The number of imide groups is 1. The zero-order valence-electron chi connectivity index (χ0n) is 16.4. The summed E-state index contributed by atoms with van der Waals surface area (Å²) in [6.07, 6.45) is 0. The molecule has 0 radical (unpaired) electrons. The Hall–Kier alpha value is -2.73. The molecule has 0 aliphatic carbocycles. The predicted molar refractivity (Wildman–Crippen MR) is 113 cm³/mol. The van der Waals surface area contributed by atoms with Crippen LogP contribution in [0.5, 0.6) is 11.5 Å².